The molecule has 0 spiro atoms. The van der Waals surface area contributed by atoms with Crippen LogP contribution < -0.4 is 0 Å². The van der Waals surface area contributed by atoms with E-state index in [-0.39, 0.29) is 12.4 Å². The average molecular weight is 152 g/mol. The Kier molecular flexibility index (Phi) is 2.54. The molecule has 0 radical (unpaired) electrons. The summed E-state index contributed by atoms with van der Waals surface area (Å²) in [7, 11) is 1.35. The molecule has 4 heteroatoms. The zero-order chi connectivity index (χ0) is 8.10. The molecular weight excluding hydrogens is 144 g/mol. The summed E-state index contributed by atoms with van der Waals surface area (Å²) in [5.41, 5.74) is 0.763. The number of carbonyl (C=O) groups is 1. The van der Waals surface area contributed by atoms with Crippen molar-refractivity contribution in [1.82, 2.24) is 9.97 Å². The van der Waals surface area contributed by atoms with Crippen molar-refractivity contribution in [3.05, 3.63) is 24.3 Å². The van der Waals surface area contributed by atoms with Crippen molar-refractivity contribution < 1.29 is 9.53 Å². The molecule has 58 valence electrons. The van der Waals surface area contributed by atoms with Gasteiger partial charge in [-0.1, -0.05) is 0 Å². The van der Waals surface area contributed by atoms with Crippen LogP contribution in [0, 0.1) is 0 Å². The molecule has 0 saturated heterocycles. The van der Waals surface area contributed by atoms with Gasteiger partial charge in [-0.3, -0.25) is 4.79 Å². The van der Waals surface area contributed by atoms with Crippen molar-refractivity contribution in [2.75, 3.05) is 7.11 Å². The van der Waals surface area contributed by atoms with Gasteiger partial charge in [0.25, 0.3) is 0 Å². The molecule has 1 aromatic heterocycles. The molecule has 0 atom stereocenters. The van der Waals surface area contributed by atoms with Crippen LogP contribution in [-0.2, 0) is 16.0 Å². The molecule has 0 amide bonds. The van der Waals surface area contributed by atoms with Crippen LogP contribution in [0.2, 0.25) is 0 Å². The van der Waals surface area contributed by atoms with Gasteiger partial charge in [-0.2, -0.15) is 0 Å². The normalized spacial score (nSPS) is 9.18. The van der Waals surface area contributed by atoms with E-state index in [2.05, 4.69) is 14.7 Å². The van der Waals surface area contributed by atoms with Crippen LogP contribution in [-0.4, -0.2) is 23.0 Å². The molecular formula is C7H8N2O2. The zero-order valence-electron chi connectivity index (χ0n) is 6.15. The Morgan fingerprint density at radius 2 is 2.18 bits per heavy atom. The lowest BCUT2D eigenvalue weighted by atomic mass is 10.2. The van der Waals surface area contributed by atoms with E-state index in [4.69, 9.17) is 0 Å². The second-order valence-electron chi connectivity index (χ2n) is 2.00. The second kappa shape index (κ2) is 3.65. The fraction of sp³-hybridized carbons (Fsp3) is 0.286. The van der Waals surface area contributed by atoms with E-state index < -0.39 is 0 Å². The number of esters is 1. The maximum Gasteiger partial charge on any atom is 0.310 e. The van der Waals surface area contributed by atoms with Crippen LogP contribution in [0.4, 0.5) is 0 Å². The molecule has 0 aliphatic carbocycles. The van der Waals surface area contributed by atoms with Crippen LogP contribution in [0.25, 0.3) is 0 Å². The number of carbonyl (C=O) groups excluding carboxylic acids is 1. The molecule has 0 saturated carbocycles. The number of ether oxygens (including phenoxy) is 1. The standard InChI is InChI=1S/C7H8N2O2/c1-11-7(10)2-6-3-8-5-9-4-6/h3-5H,2H2,1H3. The van der Waals surface area contributed by atoms with Crippen molar-refractivity contribution in [1.29, 1.82) is 0 Å². The van der Waals surface area contributed by atoms with E-state index in [9.17, 15) is 4.79 Å². The highest BCUT2D eigenvalue weighted by Crippen LogP contribution is 1.94. The largest absolute Gasteiger partial charge is 0.469 e. The van der Waals surface area contributed by atoms with Gasteiger partial charge in [-0.15, -0.1) is 0 Å². The minimum absolute atomic E-state index is 0.233. The van der Waals surface area contributed by atoms with Gasteiger partial charge in [0.05, 0.1) is 13.5 Å². The van der Waals surface area contributed by atoms with Crippen LogP contribution >= 0.6 is 0 Å². The smallest absolute Gasteiger partial charge is 0.310 e. The Labute approximate surface area is 64.2 Å². The summed E-state index contributed by atoms with van der Waals surface area (Å²) >= 11 is 0. The maximum atomic E-state index is 10.7. The van der Waals surface area contributed by atoms with Gasteiger partial charge in [0.15, 0.2) is 0 Å². The topological polar surface area (TPSA) is 52.1 Å². The second-order valence-corrected chi connectivity index (χ2v) is 2.00. The van der Waals surface area contributed by atoms with Crippen molar-refractivity contribution in [2.45, 2.75) is 6.42 Å². The predicted octanol–water partition coefficient (Wildman–Crippen LogP) is 0.192. The van der Waals surface area contributed by atoms with E-state index >= 15 is 0 Å². The molecule has 0 aliphatic heterocycles. The lowest BCUT2D eigenvalue weighted by Crippen LogP contribution is -2.04. The summed E-state index contributed by atoms with van der Waals surface area (Å²) in [6, 6.07) is 0. The summed E-state index contributed by atoms with van der Waals surface area (Å²) in [5.74, 6) is -0.278. The van der Waals surface area contributed by atoms with Crippen LogP contribution in [0.3, 0.4) is 0 Å². The molecule has 0 aromatic carbocycles. The Morgan fingerprint density at radius 1 is 1.55 bits per heavy atom. The van der Waals surface area contributed by atoms with E-state index in [1.807, 2.05) is 0 Å². The fourth-order valence-corrected chi connectivity index (χ4v) is 0.660. The van der Waals surface area contributed by atoms with Gasteiger partial charge in [-0.05, 0) is 5.56 Å². The van der Waals surface area contributed by atoms with Crippen LogP contribution in [0.1, 0.15) is 5.56 Å². The highest BCUT2D eigenvalue weighted by atomic mass is 16.5. The minimum Gasteiger partial charge on any atom is -0.469 e. The lowest BCUT2D eigenvalue weighted by Gasteiger charge is -1.96. The Morgan fingerprint density at radius 3 is 2.73 bits per heavy atom. The first-order valence-electron chi connectivity index (χ1n) is 3.13. The first-order chi connectivity index (χ1) is 5.33. The van der Waals surface area contributed by atoms with Crippen molar-refractivity contribution in [2.24, 2.45) is 0 Å². The van der Waals surface area contributed by atoms with Crippen molar-refractivity contribution >= 4 is 5.97 Å². The Bertz CT molecular complexity index is 235. The molecule has 0 unspecified atom stereocenters. The highest BCUT2D eigenvalue weighted by molar-refractivity contribution is 5.72. The average Bonchev–Trinajstić information content (AvgIpc) is 2.06. The van der Waals surface area contributed by atoms with Crippen molar-refractivity contribution in [3.63, 3.8) is 0 Å². The summed E-state index contributed by atoms with van der Waals surface area (Å²) < 4.78 is 4.46. The number of aromatic nitrogens is 2. The SMILES string of the molecule is COC(=O)Cc1cncnc1. The lowest BCUT2D eigenvalue weighted by molar-refractivity contribution is -0.139. The van der Waals surface area contributed by atoms with Crippen LogP contribution in [0.5, 0.6) is 0 Å². The Balaban J connectivity index is 2.58. The van der Waals surface area contributed by atoms with Gasteiger partial charge >= 0.3 is 5.97 Å². The predicted molar refractivity (Wildman–Crippen MR) is 37.8 cm³/mol. The number of hydrogen-bond acceptors (Lipinski definition) is 4. The first-order valence-corrected chi connectivity index (χ1v) is 3.13. The molecule has 11 heavy (non-hydrogen) atoms. The molecule has 1 rings (SSSR count). The number of rotatable bonds is 2. The molecule has 0 aliphatic rings. The van der Waals surface area contributed by atoms with Crippen molar-refractivity contribution in [3.8, 4) is 0 Å². The maximum absolute atomic E-state index is 10.7. The quantitative estimate of drug-likeness (QED) is 0.568. The minimum atomic E-state index is -0.278. The number of hydrogen-bond donors (Lipinski definition) is 0. The molecule has 4 nitrogen and oxygen atoms in total. The molecule has 0 N–H and O–H groups in total. The van der Waals surface area contributed by atoms with Crippen LogP contribution in [0.15, 0.2) is 18.7 Å². The number of nitrogens with zero attached hydrogens (tertiary/aromatic N) is 2. The fourth-order valence-electron chi connectivity index (χ4n) is 0.660. The van der Waals surface area contributed by atoms with E-state index in [0.717, 1.165) is 5.56 Å². The summed E-state index contributed by atoms with van der Waals surface area (Å²) in [4.78, 5) is 18.2. The summed E-state index contributed by atoms with van der Waals surface area (Å²) in [6.07, 6.45) is 4.83. The molecule has 0 bridgehead atoms. The van der Waals surface area contributed by atoms with E-state index in [0.29, 0.717) is 0 Å². The first kappa shape index (κ1) is 7.65. The third-order valence-corrected chi connectivity index (χ3v) is 1.19. The van der Waals surface area contributed by atoms with E-state index in [1.54, 1.807) is 12.4 Å². The van der Waals surface area contributed by atoms with E-state index in [1.165, 1.54) is 13.4 Å². The van der Waals surface area contributed by atoms with Gasteiger partial charge in [0.1, 0.15) is 6.33 Å². The van der Waals surface area contributed by atoms with Gasteiger partial charge in [-0.25, -0.2) is 9.97 Å². The van der Waals surface area contributed by atoms with Gasteiger partial charge < -0.3 is 4.74 Å². The third-order valence-electron chi connectivity index (χ3n) is 1.19. The van der Waals surface area contributed by atoms with Gasteiger partial charge in [0.2, 0.25) is 0 Å². The number of methoxy groups -OCH3 is 1. The van der Waals surface area contributed by atoms with Gasteiger partial charge in [0, 0.05) is 12.4 Å². The molecule has 1 heterocycles. The monoisotopic (exact) mass is 152 g/mol. The molecule has 0 fully saturated rings. The zero-order valence-corrected chi connectivity index (χ0v) is 6.15. The highest BCUT2D eigenvalue weighted by Gasteiger charge is 2.01. The Hall–Kier alpha value is -1.45. The summed E-state index contributed by atoms with van der Waals surface area (Å²) in [5, 5.41) is 0. The third kappa shape index (κ3) is 2.33. The summed E-state index contributed by atoms with van der Waals surface area (Å²) in [6.45, 7) is 0. The molecule has 1 aromatic rings.